The Morgan fingerprint density at radius 2 is 2.06 bits per heavy atom. The third kappa shape index (κ3) is 4.37. The van der Waals surface area contributed by atoms with E-state index in [2.05, 4.69) is 13.8 Å². The van der Waals surface area contributed by atoms with Crippen LogP contribution < -0.4 is 5.56 Å². The largest absolute Gasteiger partial charge is 0.372 e. The van der Waals surface area contributed by atoms with E-state index in [0.717, 1.165) is 48.9 Å². The SMILES string of the molecule is Cc1cccc(-n2c(SCc3ccccc3Cl)nc3sc4c(c3c2=O)C[C@H](C(C)C)OC4)c1. The third-order valence-corrected chi connectivity index (χ3v) is 8.48. The summed E-state index contributed by atoms with van der Waals surface area (Å²) in [6.45, 7) is 6.91. The minimum Gasteiger partial charge on any atom is -0.372 e. The summed E-state index contributed by atoms with van der Waals surface area (Å²) in [6.07, 6.45) is 0.875. The van der Waals surface area contributed by atoms with Crippen LogP contribution in [0.25, 0.3) is 15.9 Å². The first-order valence-corrected chi connectivity index (χ1v) is 13.2. The summed E-state index contributed by atoms with van der Waals surface area (Å²) in [7, 11) is 0. The Hall–Kier alpha value is -2.12. The number of thiophene rings is 1. The molecule has 5 rings (SSSR count). The molecular formula is C26H25ClN2O2S2. The monoisotopic (exact) mass is 496 g/mol. The van der Waals surface area contributed by atoms with Crippen molar-refractivity contribution in [1.29, 1.82) is 0 Å². The lowest BCUT2D eigenvalue weighted by atomic mass is 9.96. The normalized spacial score (nSPS) is 15.8. The zero-order valence-electron chi connectivity index (χ0n) is 18.8. The number of rotatable bonds is 5. The van der Waals surface area contributed by atoms with Gasteiger partial charge in [0.25, 0.3) is 5.56 Å². The van der Waals surface area contributed by atoms with Gasteiger partial charge in [-0.15, -0.1) is 11.3 Å². The Morgan fingerprint density at radius 3 is 2.82 bits per heavy atom. The Kier molecular flexibility index (Phi) is 6.36. The van der Waals surface area contributed by atoms with Gasteiger partial charge in [-0.05, 0) is 47.7 Å². The number of ether oxygens (including phenoxy) is 1. The Morgan fingerprint density at radius 1 is 1.24 bits per heavy atom. The van der Waals surface area contributed by atoms with Gasteiger partial charge in [0, 0.05) is 22.1 Å². The number of halogens is 1. The summed E-state index contributed by atoms with van der Waals surface area (Å²) in [5.41, 5.74) is 4.06. The lowest BCUT2D eigenvalue weighted by Gasteiger charge is -2.26. The van der Waals surface area contributed by atoms with Crippen molar-refractivity contribution >= 4 is 44.9 Å². The van der Waals surface area contributed by atoms with E-state index in [1.165, 1.54) is 11.8 Å². The van der Waals surface area contributed by atoms with Crippen LogP contribution in [0.3, 0.4) is 0 Å². The average molecular weight is 497 g/mol. The van der Waals surface area contributed by atoms with Crippen LogP contribution in [-0.4, -0.2) is 15.7 Å². The first-order chi connectivity index (χ1) is 15.9. The number of thioether (sulfide) groups is 1. The van der Waals surface area contributed by atoms with E-state index in [0.29, 0.717) is 23.4 Å². The first-order valence-electron chi connectivity index (χ1n) is 11.0. The second-order valence-electron chi connectivity index (χ2n) is 8.74. The zero-order chi connectivity index (χ0) is 23.1. The standard InChI is InChI=1S/C26H25ClN2O2S2/c1-15(2)21-12-19-22(13-31-21)33-24-23(19)25(30)29(18-9-6-7-16(3)11-18)26(28-24)32-14-17-8-4-5-10-20(17)27/h4-11,15,21H,12-14H2,1-3H3/t21-/m1/s1. The number of hydrogen-bond acceptors (Lipinski definition) is 5. The van der Waals surface area contributed by atoms with Crippen LogP contribution in [0.5, 0.6) is 0 Å². The highest BCUT2D eigenvalue weighted by Gasteiger charge is 2.28. The molecule has 0 radical (unpaired) electrons. The molecule has 0 saturated carbocycles. The van der Waals surface area contributed by atoms with Crippen molar-refractivity contribution in [3.63, 3.8) is 0 Å². The summed E-state index contributed by atoms with van der Waals surface area (Å²) in [4.78, 5) is 20.9. The van der Waals surface area contributed by atoms with Gasteiger partial charge in [0.15, 0.2) is 5.16 Å². The number of nitrogens with zero attached hydrogens (tertiary/aromatic N) is 2. The molecule has 0 fully saturated rings. The fourth-order valence-electron chi connectivity index (χ4n) is 4.19. The minimum absolute atomic E-state index is 0.00540. The maximum atomic E-state index is 14.0. The van der Waals surface area contributed by atoms with Gasteiger partial charge in [0.1, 0.15) is 4.83 Å². The van der Waals surface area contributed by atoms with E-state index in [1.807, 2.05) is 55.5 Å². The Labute approximate surface area is 206 Å². The highest BCUT2D eigenvalue weighted by atomic mass is 35.5. The van der Waals surface area contributed by atoms with Crippen molar-refractivity contribution in [2.45, 2.75) is 50.8 Å². The molecule has 2 aromatic heterocycles. The quantitative estimate of drug-likeness (QED) is 0.225. The molecular weight excluding hydrogens is 472 g/mol. The number of aryl methyl sites for hydroxylation is 1. The smallest absolute Gasteiger partial charge is 0.267 e. The molecule has 33 heavy (non-hydrogen) atoms. The van der Waals surface area contributed by atoms with Crippen LogP contribution in [-0.2, 0) is 23.5 Å². The lowest BCUT2D eigenvalue weighted by Crippen LogP contribution is -2.28. The highest BCUT2D eigenvalue weighted by molar-refractivity contribution is 7.98. The van der Waals surface area contributed by atoms with E-state index in [-0.39, 0.29) is 11.7 Å². The predicted molar refractivity (Wildman–Crippen MR) is 138 cm³/mol. The fourth-order valence-corrected chi connectivity index (χ4v) is 6.65. The molecule has 1 aliphatic rings. The van der Waals surface area contributed by atoms with Crippen LogP contribution in [0, 0.1) is 12.8 Å². The molecule has 0 unspecified atom stereocenters. The van der Waals surface area contributed by atoms with Crippen LogP contribution in [0.4, 0.5) is 0 Å². The van der Waals surface area contributed by atoms with E-state index in [9.17, 15) is 4.79 Å². The molecule has 0 aliphatic carbocycles. The number of hydrogen-bond donors (Lipinski definition) is 0. The maximum Gasteiger partial charge on any atom is 0.267 e. The van der Waals surface area contributed by atoms with Crippen LogP contribution in [0.15, 0.2) is 58.5 Å². The van der Waals surface area contributed by atoms with Gasteiger partial charge in [-0.1, -0.05) is 67.5 Å². The third-order valence-electron chi connectivity index (χ3n) is 6.03. The molecule has 0 N–H and O–H groups in total. The molecule has 1 atom stereocenters. The van der Waals surface area contributed by atoms with E-state index < -0.39 is 0 Å². The summed E-state index contributed by atoms with van der Waals surface area (Å²) < 4.78 is 7.84. The predicted octanol–water partition coefficient (Wildman–Crippen LogP) is 6.80. The first kappa shape index (κ1) is 22.7. The highest BCUT2D eigenvalue weighted by Crippen LogP contribution is 2.37. The van der Waals surface area contributed by atoms with Gasteiger partial charge >= 0.3 is 0 Å². The molecule has 0 saturated heterocycles. The molecule has 0 spiro atoms. The molecule has 0 bridgehead atoms. The molecule has 4 aromatic rings. The zero-order valence-corrected chi connectivity index (χ0v) is 21.2. The van der Waals surface area contributed by atoms with Crippen LogP contribution >= 0.6 is 34.7 Å². The van der Waals surface area contributed by atoms with Crippen molar-refractivity contribution < 1.29 is 4.74 Å². The molecule has 2 aromatic carbocycles. The van der Waals surface area contributed by atoms with Crippen molar-refractivity contribution in [3.05, 3.63) is 85.5 Å². The van der Waals surface area contributed by atoms with Crippen molar-refractivity contribution in [2.75, 3.05) is 0 Å². The van der Waals surface area contributed by atoms with Gasteiger partial charge in [-0.3, -0.25) is 9.36 Å². The number of benzene rings is 2. The van der Waals surface area contributed by atoms with E-state index >= 15 is 0 Å². The van der Waals surface area contributed by atoms with E-state index in [4.69, 9.17) is 21.3 Å². The van der Waals surface area contributed by atoms with Crippen molar-refractivity contribution in [2.24, 2.45) is 5.92 Å². The lowest BCUT2D eigenvalue weighted by molar-refractivity contribution is 0.00200. The van der Waals surface area contributed by atoms with Crippen LogP contribution in [0.1, 0.15) is 35.4 Å². The van der Waals surface area contributed by atoms with Crippen LogP contribution in [0.2, 0.25) is 5.02 Å². The number of fused-ring (bicyclic) bond motifs is 3. The second-order valence-corrected chi connectivity index (χ2v) is 11.2. The van der Waals surface area contributed by atoms with E-state index in [1.54, 1.807) is 15.9 Å². The maximum absolute atomic E-state index is 14.0. The summed E-state index contributed by atoms with van der Waals surface area (Å²) in [5.74, 6) is 1.03. The molecule has 0 amide bonds. The Bertz CT molecular complexity index is 1390. The van der Waals surface area contributed by atoms with Gasteiger partial charge in [-0.25, -0.2) is 4.98 Å². The van der Waals surface area contributed by atoms with Gasteiger partial charge in [0.05, 0.1) is 23.8 Å². The average Bonchev–Trinajstić information content (AvgIpc) is 3.16. The summed E-state index contributed by atoms with van der Waals surface area (Å²) >= 11 is 9.51. The van der Waals surface area contributed by atoms with Gasteiger partial charge < -0.3 is 4.74 Å². The summed E-state index contributed by atoms with van der Waals surface area (Å²) in [6, 6.07) is 15.8. The molecule has 3 heterocycles. The van der Waals surface area contributed by atoms with Gasteiger partial charge in [-0.2, -0.15) is 0 Å². The minimum atomic E-state index is -0.00540. The van der Waals surface area contributed by atoms with Crippen molar-refractivity contribution in [1.82, 2.24) is 9.55 Å². The molecule has 4 nitrogen and oxygen atoms in total. The summed E-state index contributed by atoms with van der Waals surface area (Å²) in [5, 5.41) is 2.14. The topological polar surface area (TPSA) is 44.1 Å². The van der Waals surface area contributed by atoms with Gasteiger partial charge in [0.2, 0.25) is 0 Å². The fraction of sp³-hybridized carbons (Fsp3) is 0.308. The molecule has 1 aliphatic heterocycles. The number of aromatic nitrogens is 2. The Balaban J connectivity index is 1.67. The van der Waals surface area contributed by atoms with Crippen molar-refractivity contribution in [3.8, 4) is 5.69 Å². The molecule has 7 heteroatoms. The second kappa shape index (κ2) is 9.26. The molecule has 170 valence electrons.